The number of hydrogen-bond acceptors (Lipinski definition) is 5. The van der Waals surface area contributed by atoms with Crippen LogP contribution in [0, 0.1) is 5.41 Å². The number of nitrogens with one attached hydrogen (secondary N) is 1. The van der Waals surface area contributed by atoms with Crippen LogP contribution in [-0.2, 0) is 16.1 Å². The van der Waals surface area contributed by atoms with Crippen LogP contribution in [0.1, 0.15) is 62.1 Å². The van der Waals surface area contributed by atoms with Crippen LogP contribution in [0.5, 0.6) is 0 Å². The Balaban J connectivity index is 1.31. The van der Waals surface area contributed by atoms with Crippen molar-refractivity contribution in [3.05, 3.63) is 53.5 Å². The SMILES string of the molecule is COCc1cc(-c2[nH]c3ccc(C4CCN(CC5(C)COC5)CC4)cc3c2C(C)C)cn2ncnc12. The summed E-state index contributed by atoms with van der Waals surface area (Å²) in [6.45, 7) is 12.8. The molecule has 190 valence electrons. The molecule has 0 amide bonds. The number of ether oxygens (including phenoxy) is 2. The van der Waals surface area contributed by atoms with Gasteiger partial charge in [0.05, 0.1) is 25.5 Å². The Kier molecular flexibility index (Phi) is 6.10. The van der Waals surface area contributed by atoms with Crippen molar-refractivity contribution < 1.29 is 9.47 Å². The average molecular weight is 488 g/mol. The van der Waals surface area contributed by atoms with E-state index in [0.29, 0.717) is 23.9 Å². The molecule has 0 bridgehead atoms. The first kappa shape index (κ1) is 23.6. The Bertz CT molecular complexity index is 1380. The first-order chi connectivity index (χ1) is 17.4. The summed E-state index contributed by atoms with van der Waals surface area (Å²) in [5, 5.41) is 5.75. The lowest BCUT2D eigenvalue weighted by Gasteiger charge is -2.43. The van der Waals surface area contributed by atoms with Gasteiger partial charge in [-0.25, -0.2) is 9.50 Å². The zero-order valence-electron chi connectivity index (χ0n) is 21.9. The highest BCUT2D eigenvalue weighted by Crippen LogP contribution is 2.39. The molecule has 1 N–H and O–H groups in total. The maximum Gasteiger partial charge on any atom is 0.160 e. The number of fused-ring (bicyclic) bond motifs is 2. The van der Waals surface area contributed by atoms with Crippen LogP contribution in [0.3, 0.4) is 0 Å². The minimum atomic E-state index is 0.359. The van der Waals surface area contributed by atoms with E-state index >= 15 is 0 Å². The largest absolute Gasteiger partial charge is 0.380 e. The van der Waals surface area contributed by atoms with Crippen LogP contribution in [0.4, 0.5) is 0 Å². The van der Waals surface area contributed by atoms with Gasteiger partial charge in [0, 0.05) is 47.3 Å². The van der Waals surface area contributed by atoms with E-state index in [9.17, 15) is 0 Å². The Morgan fingerprint density at radius 1 is 1.19 bits per heavy atom. The topological polar surface area (TPSA) is 67.7 Å². The van der Waals surface area contributed by atoms with E-state index in [1.165, 1.54) is 54.5 Å². The predicted octanol–water partition coefficient (Wildman–Crippen LogP) is 5.36. The van der Waals surface area contributed by atoms with E-state index in [1.807, 2.05) is 4.52 Å². The molecule has 0 radical (unpaired) electrons. The molecular weight excluding hydrogens is 450 g/mol. The van der Waals surface area contributed by atoms with Crippen molar-refractivity contribution in [3.8, 4) is 11.3 Å². The number of aromatic nitrogens is 4. The molecule has 5 heterocycles. The number of hydrogen-bond donors (Lipinski definition) is 1. The van der Waals surface area contributed by atoms with Crippen molar-refractivity contribution in [2.75, 3.05) is 40.0 Å². The maximum atomic E-state index is 5.47. The molecule has 7 nitrogen and oxygen atoms in total. The van der Waals surface area contributed by atoms with Crippen molar-refractivity contribution in [1.29, 1.82) is 0 Å². The number of rotatable bonds is 7. The molecule has 2 saturated heterocycles. The van der Waals surface area contributed by atoms with E-state index in [-0.39, 0.29) is 0 Å². The standard InChI is InChI=1S/C29H37N5O2/c1-19(2)26-24-12-21(20-7-9-33(10-8-20)15-29(3)16-36-17-29)5-6-25(24)32-27(26)22-11-23(14-35-4)28-30-18-31-34(28)13-22/h5-6,11-13,18-20,32H,7-10,14-17H2,1-4H3. The Labute approximate surface area is 212 Å². The number of pyridine rings is 1. The first-order valence-electron chi connectivity index (χ1n) is 13.2. The highest BCUT2D eigenvalue weighted by atomic mass is 16.5. The molecule has 2 fully saturated rings. The Morgan fingerprint density at radius 3 is 2.69 bits per heavy atom. The second kappa shape index (κ2) is 9.29. The van der Waals surface area contributed by atoms with Crippen molar-refractivity contribution >= 4 is 16.6 Å². The summed E-state index contributed by atoms with van der Waals surface area (Å²) >= 11 is 0. The molecule has 0 atom stereocenters. The molecule has 6 rings (SSSR count). The van der Waals surface area contributed by atoms with Gasteiger partial charge in [0.15, 0.2) is 5.65 Å². The van der Waals surface area contributed by atoms with Crippen molar-refractivity contribution in [3.63, 3.8) is 0 Å². The molecule has 2 aliphatic heterocycles. The lowest BCUT2D eigenvalue weighted by Crippen LogP contribution is -2.50. The van der Waals surface area contributed by atoms with E-state index in [0.717, 1.165) is 35.7 Å². The molecular formula is C29H37N5O2. The highest BCUT2D eigenvalue weighted by Gasteiger charge is 2.36. The van der Waals surface area contributed by atoms with Crippen LogP contribution in [-0.4, -0.2) is 64.4 Å². The van der Waals surface area contributed by atoms with Crippen LogP contribution in [0.15, 0.2) is 36.8 Å². The van der Waals surface area contributed by atoms with Gasteiger partial charge in [-0.05, 0) is 67.1 Å². The molecule has 0 spiro atoms. The summed E-state index contributed by atoms with van der Waals surface area (Å²) < 4.78 is 12.8. The van der Waals surface area contributed by atoms with Crippen LogP contribution in [0.2, 0.25) is 0 Å². The Morgan fingerprint density at radius 2 is 2.00 bits per heavy atom. The van der Waals surface area contributed by atoms with Gasteiger partial charge in [0.2, 0.25) is 0 Å². The number of benzene rings is 1. The van der Waals surface area contributed by atoms with Gasteiger partial charge in [-0.2, -0.15) is 5.10 Å². The fraction of sp³-hybridized carbons (Fsp3) is 0.517. The number of H-pyrrole nitrogens is 1. The maximum absolute atomic E-state index is 5.47. The van der Waals surface area contributed by atoms with Crippen LogP contribution < -0.4 is 0 Å². The average Bonchev–Trinajstić information content (AvgIpc) is 3.48. The number of nitrogens with zero attached hydrogens (tertiary/aromatic N) is 4. The lowest BCUT2D eigenvalue weighted by atomic mass is 9.84. The van der Waals surface area contributed by atoms with E-state index in [4.69, 9.17) is 9.47 Å². The zero-order chi connectivity index (χ0) is 24.9. The number of likely N-dealkylation sites (tertiary alicyclic amines) is 1. The minimum absolute atomic E-state index is 0.359. The normalized spacial score (nSPS) is 18.9. The summed E-state index contributed by atoms with van der Waals surface area (Å²) in [4.78, 5) is 10.8. The van der Waals surface area contributed by atoms with Gasteiger partial charge in [-0.15, -0.1) is 0 Å². The van der Waals surface area contributed by atoms with Gasteiger partial charge in [0.1, 0.15) is 6.33 Å². The quantitative estimate of drug-likeness (QED) is 0.380. The lowest BCUT2D eigenvalue weighted by molar-refractivity contribution is -0.116. The molecule has 0 aliphatic carbocycles. The monoisotopic (exact) mass is 487 g/mol. The van der Waals surface area contributed by atoms with Gasteiger partial charge in [0.25, 0.3) is 0 Å². The summed E-state index contributed by atoms with van der Waals surface area (Å²) in [7, 11) is 1.72. The second-order valence-corrected chi connectivity index (χ2v) is 11.4. The Hall–Kier alpha value is -2.74. The van der Waals surface area contributed by atoms with Gasteiger partial charge in [-0.3, -0.25) is 0 Å². The zero-order valence-corrected chi connectivity index (χ0v) is 21.9. The van der Waals surface area contributed by atoms with Crippen molar-refractivity contribution in [2.24, 2.45) is 5.41 Å². The fourth-order valence-corrected chi connectivity index (χ4v) is 6.21. The third kappa shape index (κ3) is 4.23. The van der Waals surface area contributed by atoms with Crippen LogP contribution >= 0.6 is 0 Å². The molecule has 2 aliphatic rings. The molecule has 0 unspecified atom stereocenters. The molecule has 7 heteroatoms. The molecule has 1 aromatic carbocycles. The smallest absolute Gasteiger partial charge is 0.160 e. The van der Waals surface area contributed by atoms with Crippen LogP contribution in [0.25, 0.3) is 27.8 Å². The van der Waals surface area contributed by atoms with Gasteiger partial charge in [-0.1, -0.05) is 26.8 Å². The summed E-state index contributed by atoms with van der Waals surface area (Å²) in [5.74, 6) is 1.00. The summed E-state index contributed by atoms with van der Waals surface area (Å²) in [6.07, 6.45) is 6.12. The fourth-order valence-electron chi connectivity index (χ4n) is 6.21. The van der Waals surface area contributed by atoms with Crippen molar-refractivity contribution in [1.82, 2.24) is 24.5 Å². The number of aromatic amines is 1. The molecule has 3 aromatic heterocycles. The first-order valence-corrected chi connectivity index (χ1v) is 13.2. The molecule has 0 saturated carbocycles. The third-order valence-corrected chi connectivity index (χ3v) is 8.05. The number of methoxy groups -OCH3 is 1. The van der Waals surface area contributed by atoms with Gasteiger partial charge < -0.3 is 19.4 Å². The number of piperidine rings is 1. The molecule has 36 heavy (non-hydrogen) atoms. The highest BCUT2D eigenvalue weighted by molar-refractivity contribution is 5.92. The minimum Gasteiger partial charge on any atom is -0.380 e. The van der Waals surface area contributed by atoms with E-state index < -0.39 is 0 Å². The second-order valence-electron chi connectivity index (χ2n) is 11.4. The van der Waals surface area contributed by atoms with Gasteiger partial charge >= 0.3 is 0 Å². The van der Waals surface area contributed by atoms with E-state index in [1.54, 1.807) is 13.4 Å². The van der Waals surface area contributed by atoms with E-state index in [2.05, 4.69) is 71.2 Å². The van der Waals surface area contributed by atoms with Crippen molar-refractivity contribution in [2.45, 2.75) is 52.1 Å². The third-order valence-electron chi connectivity index (χ3n) is 8.05. The summed E-state index contributed by atoms with van der Waals surface area (Å²) in [5.41, 5.74) is 8.55. The predicted molar refractivity (Wildman–Crippen MR) is 142 cm³/mol. The molecule has 4 aromatic rings. The summed E-state index contributed by atoms with van der Waals surface area (Å²) in [6, 6.07) is 9.26.